The molecule has 0 saturated heterocycles. The van der Waals surface area contributed by atoms with E-state index in [1.807, 2.05) is 31.0 Å². The summed E-state index contributed by atoms with van der Waals surface area (Å²) in [6, 6.07) is 2.01. The number of rotatable bonds is 8. The van der Waals surface area contributed by atoms with Crippen molar-refractivity contribution in [3.8, 4) is 0 Å². The van der Waals surface area contributed by atoms with E-state index in [4.69, 9.17) is 0 Å². The van der Waals surface area contributed by atoms with Crippen LogP contribution in [0.2, 0.25) is 0 Å². The number of unbranched alkanes of at least 4 members (excludes halogenated alkanes) is 1. The van der Waals surface area contributed by atoms with Crippen LogP contribution in [0.5, 0.6) is 0 Å². The van der Waals surface area contributed by atoms with E-state index >= 15 is 0 Å². The Hall–Kier alpha value is -1.52. The molecule has 20 heavy (non-hydrogen) atoms. The largest absolute Gasteiger partial charge is 0.356 e. The molecule has 0 aliphatic heterocycles. The van der Waals surface area contributed by atoms with Gasteiger partial charge in [0, 0.05) is 26.8 Å². The first-order chi connectivity index (χ1) is 9.71. The standard InChI is InChI=1S/C15H29N5/c1-5-7-8-13(6-2)11-17-15(16-3)18-12-14-9-10-19-20(14)4/h9-10,13H,5-8,11-12H2,1-4H3,(H2,16,17,18). The Kier molecular flexibility index (Phi) is 7.77. The summed E-state index contributed by atoms with van der Waals surface area (Å²) in [4.78, 5) is 4.27. The molecule has 1 heterocycles. The van der Waals surface area contributed by atoms with E-state index in [1.54, 1.807) is 0 Å². The normalized spacial score (nSPS) is 13.3. The average Bonchev–Trinajstić information content (AvgIpc) is 2.87. The van der Waals surface area contributed by atoms with Crippen LogP contribution in [-0.2, 0) is 13.6 Å². The van der Waals surface area contributed by atoms with Gasteiger partial charge in [-0.25, -0.2) is 0 Å². The first-order valence-corrected chi connectivity index (χ1v) is 7.62. The monoisotopic (exact) mass is 279 g/mol. The minimum Gasteiger partial charge on any atom is -0.356 e. The molecule has 1 aromatic rings. The van der Waals surface area contributed by atoms with Crippen LogP contribution < -0.4 is 10.6 Å². The van der Waals surface area contributed by atoms with Gasteiger partial charge in [0.1, 0.15) is 0 Å². The highest BCUT2D eigenvalue weighted by atomic mass is 15.3. The molecule has 0 amide bonds. The zero-order valence-electron chi connectivity index (χ0n) is 13.3. The first kappa shape index (κ1) is 16.5. The summed E-state index contributed by atoms with van der Waals surface area (Å²) in [5.74, 6) is 1.59. The number of nitrogens with zero attached hydrogens (tertiary/aromatic N) is 3. The molecule has 1 rings (SSSR count). The molecule has 1 aromatic heterocycles. The minimum absolute atomic E-state index is 0.727. The zero-order chi connectivity index (χ0) is 14.8. The Morgan fingerprint density at radius 1 is 1.40 bits per heavy atom. The molecule has 0 spiro atoms. The molecule has 114 valence electrons. The Morgan fingerprint density at radius 2 is 2.20 bits per heavy atom. The molecular formula is C15H29N5. The van der Waals surface area contributed by atoms with Crippen molar-refractivity contribution in [3.05, 3.63) is 18.0 Å². The molecule has 0 aliphatic carbocycles. The van der Waals surface area contributed by atoms with Gasteiger partial charge in [-0.3, -0.25) is 9.67 Å². The van der Waals surface area contributed by atoms with E-state index in [1.165, 1.54) is 25.7 Å². The number of hydrogen-bond donors (Lipinski definition) is 2. The fourth-order valence-electron chi connectivity index (χ4n) is 2.15. The highest BCUT2D eigenvalue weighted by Crippen LogP contribution is 2.11. The predicted octanol–water partition coefficient (Wildman–Crippen LogP) is 2.30. The zero-order valence-corrected chi connectivity index (χ0v) is 13.3. The highest BCUT2D eigenvalue weighted by Gasteiger charge is 2.07. The summed E-state index contributed by atoms with van der Waals surface area (Å²) in [6.45, 7) is 6.23. The second kappa shape index (κ2) is 9.39. The predicted molar refractivity (Wildman–Crippen MR) is 84.7 cm³/mol. The molecule has 0 bridgehead atoms. The van der Waals surface area contributed by atoms with Crippen molar-refractivity contribution in [1.82, 2.24) is 20.4 Å². The average molecular weight is 279 g/mol. The Morgan fingerprint density at radius 3 is 2.75 bits per heavy atom. The summed E-state index contributed by atoms with van der Waals surface area (Å²) in [5.41, 5.74) is 1.14. The number of hydrogen-bond acceptors (Lipinski definition) is 2. The van der Waals surface area contributed by atoms with Crippen molar-refractivity contribution in [3.63, 3.8) is 0 Å². The van der Waals surface area contributed by atoms with Gasteiger partial charge in [-0.15, -0.1) is 0 Å². The molecule has 2 N–H and O–H groups in total. The Balaban J connectivity index is 2.34. The third-order valence-electron chi connectivity index (χ3n) is 3.68. The summed E-state index contributed by atoms with van der Waals surface area (Å²) in [5, 5.41) is 10.9. The Bertz CT molecular complexity index is 397. The van der Waals surface area contributed by atoms with Crippen LogP contribution >= 0.6 is 0 Å². The molecule has 0 saturated carbocycles. The van der Waals surface area contributed by atoms with Gasteiger partial charge in [-0.2, -0.15) is 5.10 Å². The van der Waals surface area contributed by atoms with E-state index in [0.29, 0.717) is 0 Å². The molecule has 1 unspecified atom stereocenters. The molecule has 0 radical (unpaired) electrons. The van der Waals surface area contributed by atoms with E-state index < -0.39 is 0 Å². The van der Waals surface area contributed by atoms with Gasteiger partial charge in [-0.05, 0) is 18.4 Å². The van der Waals surface area contributed by atoms with Crippen molar-refractivity contribution in [2.24, 2.45) is 18.0 Å². The fourth-order valence-corrected chi connectivity index (χ4v) is 2.15. The smallest absolute Gasteiger partial charge is 0.191 e. The summed E-state index contributed by atoms with van der Waals surface area (Å²) in [6.07, 6.45) is 6.89. The first-order valence-electron chi connectivity index (χ1n) is 7.62. The van der Waals surface area contributed by atoms with Crippen molar-refractivity contribution in [1.29, 1.82) is 0 Å². The maximum Gasteiger partial charge on any atom is 0.191 e. The maximum absolute atomic E-state index is 4.27. The van der Waals surface area contributed by atoms with Crippen LogP contribution in [0.15, 0.2) is 17.3 Å². The molecule has 1 atom stereocenters. The second-order valence-corrected chi connectivity index (χ2v) is 5.17. The van der Waals surface area contributed by atoms with E-state index in [-0.39, 0.29) is 0 Å². The van der Waals surface area contributed by atoms with Crippen molar-refractivity contribution in [2.45, 2.75) is 46.1 Å². The molecule has 0 aromatic carbocycles. The number of aromatic nitrogens is 2. The minimum atomic E-state index is 0.727. The quantitative estimate of drug-likeness (QED) is 0.567. The van der Waals surface area contributed by atoms with Crippen molar-refractivity contribution < 1.29 is 0 Å². The summed E-state index contributed by atoms with van der Waals surface area (Å²) >= 11 is 0. The van der Waals surface area contributed by atoms with Gasteiger partial charge in [-0.1, -0.05) is 33.1 Å². The lowest BCUT2D eigenvalue weighted by atomic mass is 9.99. The van der Waals surface area contributed by atoms with Gasteiger partial charge in [0.2, 0.25) is 0 Å². The van der Waals surface area contributed by atoms with Crippen molar-refractivity contribution >= 4 is 5.96 Å². The lowest BCUT2D eigenvalue weighted by Gasteiger charge is -2.18. The SMILES string of the molecule is CCCCC(CC)CNC(=NC)NCc1ccnn1C. The summed E-state index contributed by atoms with van der Waals surface area (Å²) in [7, 11) is 3.76. The fraction of sp³-hybridized carbons (Fsp3) is 0.733. The van der Waals surface area contributed by atoms with Crippen LogP contribution in [0, 0.1) is 5.92 Å². The Labute approximate surface area is 122 Å². The van der Waals surface area contributed by atoms with Gasteiger partial charge >= 0.3 is 0 Å². The molecule has 0 fully saturated rings. The van der Waals surface area contributed by atoms with Crippen molar-refractivity contribution in [2.75, 3.05) is 13.6 Å². The third kappa shape index (κ3) is 5.63. The van der Waals surface area contributed by atoms with E-state index in [9.17, 15) is 0 Å². The van der Waals surface area contributed by atoms with E-state index in [2.05, 4.69) is 34.6 Å². The van der Waals surface area contributed by atoms with Crippen LogP contribution in [0.4, 0.5) is 0 Å². The molecule has 0 aliphatic rings. The maximum atomic E-state index is 4.27. The van der Waals surface area contributed by atoms with Crippen LogP contribution in [0.3, 0.4) is 0 Å². The van der Waals surface area contributed by atoms with E-state index in [0.717, 1.165) is 30.7 Å². The number of aryl methyl sites for hydroxylation is 1. The third-order valence-corrected chi connectivity index (χ3v) is 3.68. The molecule has 5 heteroatoms. The number of guanidine groups is 1. The number of nitrogens with one attached hydrogen (secondary N) is 2. The van der Waals surface area contributed by atoms with Gasteiger partial charge < -0.3 is 10.6 Å². The lowest BCUT2D eigenvalue weighted by molar-refractivity contribution is 0.443. The summed E-state index contributed by atoms with van der Waals surface area (Å²) < 4.78 is 1.87. The second-order valence-electron chi connectivity index (χ2n) is 5.17. The number of aliphatic imine (C=N–C) groups is 1. The lowest BCUT2D eigenvalue weighted by Crippen LogP contribution is -2.39. The highest BCUT2D eigenvalue weighted by molar-refractivity contribution is 5.79. The molecule has 5 nitrogen and oxygen atoms in total. The van der Waals surface area contributed by atoms with Crippen LogP contribution in [0.25, 0.3) is 0 Å². The van der Waals surface area contributed by atoms with Gasteiger partial charge in [0.05, 0.1) is 12.2 Å². The van der Waals surface area contributed by atoms with Crippen LogP contribution in [0.1, 0.15) is 45.2 Å². The molecular weight excluding hydrogens is 250 g/mol. The van der Waals surface area contributed by atoms with Crippen LogP contribution in [-0.4, -0.2) is 29.3 Å². The van der Waals surface area contributed by atoms with Gasteiger partial charge in [0.15, 0.2) is 5.96 Å². The topological polar surface area (TPSA) is 54.2 Å². The van der Waals surface area contributed by atoms with Gasteiger partial charge in [0.25, 0.3) is 0 Å².